The summed E-state index contributed by atoms with van der Waals surface area (Å²) in [5, 5.41) is 0. The molecule has 1 unspecified atom stereocenters. The highest BCUT2D eigenvalue weighted by atomic mass is 19.1. The molecule has 1 fully saturated rings. The van der Waals surface area contributed by atoms with Crippen molar-refractivity contribution >= 4 is 5.69 Å². The van der Waals surface area contributed by atoms with Crippen molar-refractivity contribution in [3.8, 4) is 0 Å². The number of para-hydroxylation sites is 1. The maximum atomic E-state index is 13.7. The Morgan fingerprint density at radius 3 is 2.50 bits per heavy atom. The second kappa shape index (κ2) is 6.16. The predicted octanol–water partition coefficient (Wildman–Crippen LogP) is 1.68. The Kier molecular flexibility index (Phi) is 4.55. The summed E-state index contributed by atoms with van der Waals surface area (Å²) in [6, 6.07) is 7.53. The van der Waals surface area contributed by atoms with Gasteiger partial charge in [0.2, 0.25) is 0 Å². The van der Waals surface area contributed by atoms with Gasteiger partial charge < -0.3 is 10.6 Å². The van der Waals surface area contributed by atoms with Crippen LogP contribution in [0.3, 0.4) is 0 Å². The third-order valence-electron chi connectivity index (χ3n) is 3.72. The molecule has 1 aromatic rings. The SMILES string of the molecule is CC(CCN)N1CCN(c2ccccc2F)CC1. The van der Waals surface area contributed by atoms with E-state index in [0.717, 1.165) is 44.8 Å². The van der Waals surface area contributed by atoms with Gasteiger partial charge in [-0.25, -0.2) is 4.39 Å². The molecular formula is C14H22FN3. The Balaban J connectivity index is 1.93. The van der Waals surface area contributed by atoms with Crippen molar-refractivity contribution in [3.05, 3.63) is 30.1 Å². The molecule has 3 nitrogen and oxygen atoms in total. The minimum atomic E-state index is -0.124. The van der Waals surface area contributed by atoms with E-state index in [1.165, 1.54) is 6.07 Å². The van der Waals surface area contributed by atoms with Gasteiger partial charge in [0, 0.05) is 32.2 Å². The van der Waals surface area contributed by atoms with Crippen molar-refractivity contribution in [2.45, 2.75) is 19.4 Å². The molecule has 1 aliphatic rings. The number of benzene rings is 1. The number of nitrogens with two attached hydrogens (primary N) is 1. The normalized spacial score (nSPS) is 18.9. The number of hydrogen-bond donors (Lipinski definition) is 1. The lowest BCUT2D eigenvalue weighted by atomic mass is 10.1. The summed E-state index contributed by atoms with van der Waals surface area (Å²) in [5.74, 6) is -0.124. The van der Waals surface area contributed by atoms with Gasteiger partial charge in [-0.15, -0.1) is 0 Å². The van der Waals surface area contributed by atoms with E-state index in [4.69, 9.17) is 5.73 Å². The molecule has 1 atom stereocenters. The standard InChI is InChI=1S/C14H22FN3/c1-12(6-7-16)17-8-10-18(11-9-17)14-5-3-2-4-13(14)15/h2-5,12H,6-11,16H2,1H3. The van der Waals surface area contributed by atoms with E-state index < -0.39 is 0 Å². The maximum absolute atomic E-state index is 13.7. The molecule has 2 rings (SSSR count). The van der Waals surface area contributed by atoms with Crippen molar-refractivity contribution in [3.63, 3.8) is 0 Å². The largest absolute Gasteiger partial charge is 0.367 e. The average Bonchev–Trinajstić information content (AvgIpc) is 2.40. The smallest absolute Gasteiger partial charge is 0.146 e. The van der Waals surface area contributed by atoms with E-state index >= 15 is 0 Å². The van der Waals surface area contributed by atoms with Gasteiger partial charge in [-0.3, -0.25) is 4.90 Å². The molecule has 1 saturated heterocycles. The van der Waals surface area contributed by atoms with E-state index in [0.29, 0.717) is 6.04 Å². The molecule has 1 heterocycles. The number of hydrogen-bond acceptors (Lipinski definition) is 3. The molecule has 0 aromatic heterocycles. The third-order valence-corrected chi connectivity index (χ3v) is 3.72. The van der Waals surface area contributed by atoms with Gasteiger partial charge in [0.1, 0.15) is 5.82 Å². The van der Waals surface area contributed by atoms with E-state index in [-0.39, 0.29) is 5.82 Å². The van der Waals surface area contributed by atoms with Gasteiger partial charge >= 0.3 is 0 Å². The summed E-state index contributed by atoms with van der Waals surface area (Å²) in [5.41, 5.74) is 6.31. The molecule has 0 saturated carbocycles. The fourth-order valence-corrected chi connectivity index (χ4v) is 2.54. The number of rotatable bonds is 4. The Labute approximate surface area is 108 Å². The molecule has 4 heteroatoms. The first-order valence-corrected chi connectivity index (χ1v) is 6.66. The molecule has 2 N–H and O–H groups in total. The lowest BCUT2D eigenvalue weighted by Gasteiger charge is -2.39. The van der Waals surface area contributed by atoms with Crippen LogP contribution in [0.15, 0.2) is 24.3 Å². The third kappa shape index (κ3) is 3.00. The Morgan fingerprint density at radius 2 is 1.89 bits per heavy atom. The van der Waals surface area contributed by atoms with Crippen LogP contribution in [0, 0.1) is 5.82 Å². The van der Waals surface area contributed by atoms with Gasteiger partial charge in [-0.05, 0) is 32.0 Å². The highest BCUT2D eigenvalue weighted by Gasteiger charge is 2.21. The van der Waals surface area contributed by atoms with Crippen molar-refractivity contribution < 1.29 is 4.39 Å². The van der Waals surface area contributed by atoms with Crippen LogP contribution in [-0.4, -0.2) is 43.7 Å². The topological polar surface area (TPSA) is 32.5 Å². The number of halogens is 1. The second-order valence-electron chi connectivity index (χ2n) is 4.90. The highest BCUT2D eigenvalue weighted by molar-refractivity contribution is 5.47. The minimum Gasteiger partial charge on any atom is -0.367 e. The first-order chi connectivity index (χ1) is 8.72. The first-order valence-electron chi connectivity index (χ1n) is 6.66. The molecule has 0 radical (unpaired) electrons. The van der Waals surface area contributed by atoms with Crippen LogP contribution in [0.25, 0.3) is 0 Å². The van der Waals surface area contributed by atoms with Crippen molar-refractivity contribution in [1.29, 1.82) is 0 Å². The van der Waals surface area contributed by atoms with Crippen molar-refractivity contribution in [2.75, 3.05) is 37.6 Å². The first kappa shape index (κ1) is 13.3. The minimum absolute atomic E-state index is 0.124. The zero-order valence-electron chi connectivity index (χ0n) is 11.0. The summed E-state index contributed by atoms with van der Waals surface area (Å²) in [6.45, 7) is 6.68. The highest BCUT2D eigenvalue weighted by Crippen LogP contribution is 2.20. The summed E-state index contributed by atoms with van der Waals surface area (Å²) in [6.07, 6.45) is 1.03. The molecule has 1 aliphatic heterocycles. The van der Waals surface area contributed by atoms with Crippen LogP contribution in [-0.2, 0) is 0 Å². The molecule has 0 bridgehead atoms. The summed E-state index contributed by atoms with van der Waals surface area (Å²) >= 11 is 0. The molecular weight excluding hydrogens is 229 g/mol. The van der Waals surface area contributed by atoms with Gasteiger partial charge in [0.25, 0.3) is 0 Å². The quantitative estimate of drug-likeness (QED) is 0.884. The predicted molar refractivity (Wildman–Crippen MR) is 73.3 cm³/mol. The molecule has 1 aromatic carbocycles. The zero-order valence-corrected chi connectivity index (χ0v) is 11.0. The number of piperazine rings is 1. The van der Waals surface area contributed by atoms with E-state index in [1.54, 1.807) is 6.07 Å². The zero-order chi connectivity index (χ0) is 13.0. The van der Waals surface area contributed by atoms with Crippen LogP contribution in [0.5, 0.6) is 0 Å². The van der Waals surface area contributed by atoms with Crippen molar-refractivity contribution in [1.82, 2.24) is 4.90 Å². The lowest BCUT2D eigenvalue weighted by molar-refractivity contribution is 0.190. The summed E-state index contributed by atoms with van der Waals surface area (Å²) in [7, 11) is 0. The van der Waals surface area contributed by atoms with Crippen LogP contribution in [0.2, 0.25) is 0 Å². The van der Waals surface area contributed by atoms with Crippen LogP contribution >= 0.6 is 0 Å². The van der Waals surface area contributed by atoms with Gasteiger partial charge in [-0.2, -0.15) is 0 Å². The summed E-state index contributed by atoms with van der Waals surface area (Å²) < 4.78 is 13.7. The maximum Gasteiger partial charge on any atom is 0.146 e. The fourth-order valence-electron chi connectivity index (χ4n) is 2.54. The van der Waals surface area contributed by atoms with E-state index in [1.807, 2.05) is 12.1 Å². The van der Waals surface area contributed by atoms with Gasteiger partial charge in [0.05, 0.1) is 5.69 Å². The Morgan fingerprint density at radius 1 is 1.22 bits per heavy atom. The lowest BCUT2D eigenvalue weighted by Crippen LogP contribution is -2.50. The fraction of sp³-hybridized carbons (Fsp3) is 0.571. The Hall–Kier alpha value is -1.13. The van der Waals surface area contributed by atoms with Crippen LogP contribution < -0.4 is 10.6 Å². The molecule has 0 amide bonds. The van der Waals surface area contributed by atoms with Gasteiger partial charge in [-0.1, -0.05) is 12.1 Å². The Bertz CT molecular complexity index is 375. The molecule has 18 heavy (non-hydrogen) atoms. The van der Waals surface area contributed by atoms with Crippen LogP contribution in [0.1, 0.15) is 13.3 Å². The second-order valence-corrected chi connectivity index (χ2v) is 4.90. The number of anilines is 1. The molecule has 0 aliphatic carbocycles. The summed E-state index contributed by atoms with van der Waals surface area (Å²) in [4.78, 5) is 4.56. The van der Waals surface area contributed by atoms with E-state index in [9.17, 15) is 4.39 Å². The van der Waals surface area contributed by atoms with Gasteiger partial charge in [0.15, 0.2) is 0 Å². The van der Waals surface area contributed by atoms with E-state index in [2.05, 4.69) is 16.7 Å². The molecule has 100 valence electrons. The van der Waals surface area contributed by atoms with Crippen LogP contribution in [0.4, 0.5) is 10.1 Å². The van der Waals surface area contributed by atoms with Crippen molar-refractivity contribution in [2.24, 2.45) is 5.73 Å². The number of nitrogens with zero attached hydrogens (tertiary/aromatic N) is 2. The molecule has 0 spiro atoms. The average molecular weight is 251 g/mol. The monoisotopic (exact) mass is 251 g/mol.